The summed E-state index contributed by atoms with van der Waals surface area (Å²) in [6.45, 7) is 3.88. The number of fused-ring (bicyclic) bond motifs is 1. The number of aromatic nitrogens is 5. The maximum absolute atomic E-state index is 6.02. The first-order valence-electron chi connectivity index (χ1n) is 6.45. The van der Waals surface area contributed by atoms with Gasteiger partial charge < -0.3 is 10.3 Å². The van der Waals surface area contributed by atoms with E-state index in [0.29, 0.717) is 18.1 Å². The molecule has 7 heteroatoms. The molecule has 0 atom stereocenters. The standard InChI is InChI=1S/C13H15ClN6/c1-2-20-12-4-3-9(14)5-11(12)16-13(20)8-19-7-10(6-15)17-18-19/h3-5,7H,2,6,8,15H2,1H3. The number of hydrogen-bond donors (Lipinski definition) is 1. The molecule has 104 valence electrons. The fourth-order valence-corrected chi connectivity index (χ4v) is 2.45. The first kappa shape index (κ1) is 13.1. The number of nitrogens with zero attached hydrogens (tertiary/aromatic N) is 5. The molecule has 0 spiro atoms. The monoisotopic (exact) mass is 290 g/mol. The molecule has 0 aliphatic rings. The number of hydrogen-bond acceptors (Lipinski definition) is 4. The number of imidazole rings is 1. The SMILES string of the molecule is CCn1c(Cn2cc(CN)nn2)nc2cc(Cl)ccc21. The van der Waals surface area contributed by atoms with E-state index in [1.54, 1.807) is 4.68 Å². The van der Waals surface area contributed by atoms with Crippen LogP contribution in [0.4, 0.5) is 0 Å². The van der Waals surface area contributed by atoms with Crippen molar-refractivity contribution < 1.29 is 0 Å². The number of benzene rings is 1. The topological polar surface area (TPSA) is 74.5 Å². The smallest absolute Gasteiger partial charge is 0.131 e. The summed E-state index contributed by atoms with van der Waals surface area (Å²) < 4.78 is 3.90. The Kier molecular flexibility index (Phi) is 3.42. The van der Waals surface area contributed by atoms with Crippen molar-refractivity contribution in [1.82, 2.24) is 24.5 Å². The Morgan fingerprint density at radius 1 is 1.35 bits per heavy atom. The van der Waals surface area contributed by atoms with Crippen molar-refractivity contribution in [3.8, 4) is 0 Å². The van der Waals surface area contributed by atoms with Gasteiger partial charge in [0.05, 0.1) is 22.9 Å². The van der Waals surface area contributed by atoms with Gasteiger partial charge in [0.25, 0.3) is 0 Å². The lowest BCUT2D eigenvalue weighted by atomic mass is 10.3. The summed E-state index contributed by atoms with van der Waals surface area (Å²) in [4.78, 5) is 4.63. The summed E-state index contributed by atoms with van der Waals surface area (Å²) in [7, 11) is 0. The summed E-state index contributed by atoms with van der Waals surface area (Å²) in [5, 5.41) is 8.73. The Bertz CT molecular complexity index is 744. The summed E-state index contributed by atoms with van der Waals surface area (Å²) in [6.07, 6.45) is 1.84. The molecule has 0 bridgehead atoms. The van der Waals surface area contributed by atoms with E-state index in [0.717, 1.165) is 29.1 Å². The van der Waals surface area contributed by atoms with Gasteiger partial charge in [-0.2, -0.15) is 0 Å². The molecule has 0 aliphatic carbocycles. The van der Waals surface area contributed by atoms with E-state index in [1.807, 2.05) is 24.4 Å². The Hall–Kier alpha value is -1.92. The van der Waals surface area contributed by atoms with Crippen molar-refractivity contribution in [3.63, 3.8) is 0 Å². The fourth-order valence-electron chi connectivity index (χ4n) is 2.28. The highest BCUT2D eigenvalue weighted by Crippen LogP contribution is 2.21. The highest BCUT2D eigenvalue weighted by Gasteiger charge is 2.11. The van der Waals surface area contributed by atoms with Crippen LogP contribution in [0.3, 0.4) is 0 Å². The van der Waals surface area contributed by atoms with Gasteiger partial charge in [0.1, 0.15) is 12.4 Å². The molecule has 3 rings (SSSR count). The molecule has 2 aromatic heterocycles. The van der Waals surface area contributed by atoms with Crippen molar-refractivity contribution >= 4 is 22.6 Å². The van der Waals surface area contributed by atoms with E-state index in [2.05, 4.69) is 26.8 Å². The minimum atomic E-state index is 0.389. The van der Waals surface area contributed by atoms with E-state index < -0.39 is 0 Å². The molecule has 0 saturated heterocycles. The lowest BCUT2D eigenvalue weighted by molar-refractivity contribution is 0.594. The van der Waals surface area contributed by atoms with Crippen LogP contribution >= 0.6 is 11.6 Å². The normalized spacial score (nSPS) is 11.3. The van der Waals surface area contributed by atoms with Crippen molar-refractivity contribution in [1.29, 1.82) is 0 Å². The predicted molar refractivity (Wildman–Crippen MR) is 77.4 cm³/mol. The number of aryl methyl sites for hydroxylation is 1. The molecule has 3 aromatic rings. The van der Waals surface area contributed by atoms with Gasteiger partial charge in [-0.25, -0.2) is 9.67 Å². The van der Waals surface area contributed by atoms with E-state index in [9.17, 15) is 0 Å². The second-order valence-corrected chi connectivity index (χ2v) is 4.95. The Labute approximate surface area is 121 Å². The summed E-state index contributed by atoms with van der Waals surface area (Å²) >= 11 is 6.02. The maximum Gasteiger partial charge on any atom is 0.131 e. The molecule has 20 heavy (non-hydrogen) atoms. The van der Waals surface area contributed by atoms with Crippen LogP contribution in [0, 0.1) is 0 Å². The van der Waals surface area contributed by atoms with E-state index in [4.69, 9.17) is 17.3 Å². The number of halogens is 1. The molecule has 2 heterocycles. The maximum atomic E-state index is 6.02. The molecular weight excluding hydrogens is 276 g/mol. The average molecular weight is 291 g/mol. The lowest BCUT2D eigenvalue weighted by Gasteiger charge is -2.05. The van der Waals surface area contributed by atoms with E-state index in [1.165, 1.54) is 0 Å². The van der Waals surface area contributed by atoms with Crippen LogP contribution < -0.4 is 5.73 Å². The van der Waals surface area contributed by atoms with Gasteiger partial charge in [0, 0.05) is 18.1 Å². The first-order valence-corrected chi connectivity index (χ1v) is 6.82. The van der Waals surface area contributed by atoms with Gasteiger partial charge in [0.2, 0.25) is 0 Å². The fraction of sp³-hybridized carbons (Fsp3) is 0.308. The molecule has 0 aliphatic heterocycles. The first-order chi connectivity index (χ1) is 9.71. The van der Waals surface area contributed by atoms with Crippen LogP contribution in [0.1, 0.15) is 18.4 Å². The second-order valence-electron chi connectivity index (χ2n) is 4.52. The number of rotatable bonds is 4. The Balaban J connectivity index is 2.01. The molecule has 0 radical (unpaired) electrons. The van der Waals surface area contributed by atoms with Crippen molar-refractivity contribution in [2.45, 2.75) is 26.6 Å². The third-order valence-corrected chi connectivity index (χ3v) is 3.44. The predicted octanol–water partition coefficient (Wildman–Crippen LogP) is 1.81. The minimum Gasteiger partial charge on any atom is -0.327 e. The van der Waals surface area contributed by atoms with Crippen molar-refractivity contribution in [2.24, 2.45) is 5.73 Å². The van der Waals surface area contributed by atoms with Gasteiger partial charge >= 0.3 is 0 Å². The van der Waals surface area contributed by atoms with Crippen LogP contribution in [0.5, 0.6) is 0 Å². The Morgan fingerprint density at radius 3 is 2.90 bits per heavy atom. The van der Waals surface area contributed by atoms with E-state index >= 15 is 0 Å². The molecule has 2 N–H and O–H groups in total. The zero-order chi connectivity index (χ0) is 14.1. The van der Waals surface area contributed by atoms with E-state index in [-0.39, 0.29) is 0 Å². The highest BCUT2D eigenvalue weighted by atomic mass is 35.5. The number of nitrogens with two attached hydrogens (primary N) is 1. The summed E-state index contributed by atoms with van der Waals surface area (Å²) in [6, 6.07) is 5.74. The molecule has 0 unspecified atom stereocenters. The summed E-state index contributed by atoms with van der Waals surface area (Å²) in [5.74, 6) is 0.929. The van der Waals surface area contributed by atoms with Crippen molar-refractivity contribution in [2.75, 3.05) is 0 Å². The lowest BCUT2D eigenvalue weighted by Crippen LogP contribution is -2.08. The molecule has 0 amide bonds. The third-order valence-electron chi connectivity index (χ3n) is 3.20. The molecular formula is C13H15ClN6. The van der Waals surface area contributed by atoms with Crippen LogP contribution in [-0.2, 0) is 19.6 Å². The Morgan fingerprint density at radius 2 is 2.20 bits per heavy atom. The van der Waals surface area contributed by atoms with Gasteiger partial charge in [0.15, 0.2) is 0 Å². The van der Waals surface area contributed by atoms with Crippen LogP contribution in [0.25, 0.3) is 11.0 Å². The van der Waals surface area contributed by atoms with Gasteiger partial charge in [-0.15, -0.1) is 5.10 Å². The second kappa shape index (κ2) is 5.22. The van der Waals surface area contributed by atoms with Crippen LogP contribution in [0.2, 0.25) is 5.02 Å². The quantitative estimate of drug-likeness (QED) is 0.795. The largest absolute Gasteiger partial charge is 0.327 e. The van der Waals surface area contributed by atoms with Gasteiger partial charge in [-0.1, -0.05) is 16.8 Å². The van der Waals surface area contributed by atoms with Gasteiger partial charge in [-0.05, 0) is 25.1 Å². The highest BCUT2D eigenvalue weighted by molar-refractivity contribution is 6.31. The minimum absolute atomic E-state index is 0.389. The average Bonchev–Trinajstić information content (AvgIpc) is 3.02. The zero-order valence-corrected chi connectivity index (χ0v) is 11.9. The molecule has 0 saturated carbocycles. The third kappa shape index (κ3) is 2.28. The molecule has 6 nitrogen and oxygen atoms in total. The molecule has 1 aromatic carbocycles. The zero-order valence-electron chi connectivity index (χ0n) is 11.1. The van der Waals surface area contributed by atoms with Crippen LogP contribution in [-0.4, -0.2) is 24.5 Å². The van der Waals surface area contributed by atoms with Crippen molar-refractivity contribution in [3.05, 3.63) is 40.9 Å². The van der Waals surface area contributed by atoms with Gasteiger partial charge in [-0.3, -0.25) is 0 Å². The molecule has 0 fully saturated rings. The van der Waals surface area contributed by atoms with Crippen LogP contribution in [0.15, 0.2) is 24.4 Å². The summed E-state index contributed by atoms with van der Waals surface area (Å²) in [5.41, 5.74) is 8.28.